The van der Waals surface area contributed by atoms with Gasteiger partial charge in [-0.2, -0.15) is 0 Å². The molecule has 0 aliphatic heterocycles. The van der Waals surface area contributed by atoms with Crippen molar-refractivity contribution in [2.24, 2.45) is 5.73 Å². The molecule has 1 saturated carbocycles. The average molecular weight is 419 g/mol. The summed E-state index contributed by atoms with van der Waals surface area (Å²) in [5.74, 6) is 0.884. The number of pyridine rings is 1. The number of nitrogens with zero attached hydrogens (tertiary/aromatic N) is 3. The second-order valence-electron chi connectivity index (χ2n) is 7.19. The van der Waals surface area contributed by atoms with Crippen LogP contribution in [0.3, 0.4) is 0 Å². The molecule has 0 amide bonds. The van der Waals surface area contributed by atoms with Gasteiger partial charge < -0.3 is 5.73 Å². The molecule has 5 rings (SSSR count). The summed E-state index contributed by atoms with van der Waals surface area (Å²) in [6, 6.07) is 20.8. The molecule has 0 unspecified atom stereocenters. The molecule has 0 saturated heterocycles. The summed E-state index contributed by atoms with van der Waals surface area (Å²) in [6.45, 7) is 0. The lowest BCUT2D eigenvalue weighted by Gasteiger charge is -2.38. The predicted octanol–water partition coefficient (Wildman–Crippen LogP) is 5.19. The van der Waals surface area contributed by atoms with Gasteiger partial charge in [-0.3, -0.25) is 4.57 Å². The normalized spacial score (nSPS) is 15.6. The molecule has 1 aliphatic carbocycles. The van der Waals surface area contributed by atoms with Crippen molar-refractivity contribution in [3.8, 4) is 17.1 Å². The van der Waals surface area contributed by atoms with E-state index in [1.54, 1.807) is 0 Å². The first-order valence-electron chi connectivity index (χ1n) is 9.13. The Balaban J connectivity index is 1.69. The maximum Gasteiger partial charge on any atom is 0.165 e. The predicted molar refractivity (Wildman–Crippen MR) is 112 cm³/mol. The number of nitrogens with two attached hydrogens (primary N) is 1. The third-order valence-electron chi connectivity index (χ3n) is 5.44. The summed E-state index contributed by atoms with van der Waals surface area (Å²) in [5.41, 5.74) is 11.3. The van der Waals surface area contributed by atoms with Crippen molar-refractivity contribution in [3.63, 3.8) is 0 Å². The number of benzene rings is 2. The highest BCUT2D eigenvalue weighted by molar-refractivity contribution is 9.10. The van der Waals surface area contributed by atoms with E-state index in [1.807, 2.05) is 30.5 Å². The van der Waals surface area contributed by atoms with E-state index in [0.29, 0.717) is 0 Å². The topological polar surface area (TPSA) is 56.7 Å². The first kappa shape index (κ1) is 16.7. The van der Waals surface area contributed by atoms with Gasteiger partial charge in [-0.15, -0.1) is 0 Å². The molecule has 27 heavy (non-hydrogen) atoms. The zero-order valence-electron chi connectivity index (χ0n) is 14.8. The van der Waals surface area contributed by atoms with E-state index < -0.39 is 0 Å². The van der Waals surface area contributed by atoms with E-state index in [0.717, 1.165) is 45.6 Å². The van der Waals surface area contributed by atoms with E-state index in [2.05, 4.69) is 61.9 Å². The summed E-state index contributed by atoms with van der Waals surface area (Å²) in [6.07, 6.45) is 5.14. The van der Waals surface area contributed by atoms with Gasteiger partial charge >= 0.3 is 0 Å². The van der Waals surface area contributed by atoms with Crippen molar-refractivity contribution >= 4 is 27.1 Å². The zero-order chi connectivity index (χ0) is 18.4. The quantitative estimate of drug-likeness (QED) is 0.497. The Hall–Kier alpha value is -2.50. The van der Waals surface area contributed by atoms with E-state index in [1.165, 1.54) is 12.0 Å². The van der Waals surface area contributed by atoms with Crippen LogP contribution in [0.2, 0.25) is 0 Å². The lowest BCUT2D eigenvalue weighted by Crippen LogP contribution is -2.43. The van der Waals surface area contributed by atoms with Crippen molar-refractivity contribution in [1.29, 1.82) is 0 Å². The maximum absolute atomic E-state index is 6.48. The smallest absolute Gasteiger partial charge is 0.165 e. The molecular formula is C22H19BrN4. The maximum atomic E-state index is 6.48. The summed E-state index contributed by atoms with van der Waals surface area (Å²) >= 11 is 3.50. The molecule has 2 heterocycles. The van der Waals surface area contributed by atoms with Crippen LogP contribution >= 0.6 is 15.9 Å². The lowest BCUT2D eigenvalue weighted by atomic mass is 9.73. The fourth-order valence-corrected chi connectivity index (χ4v) is 4.07. The van der Waals surface area contributed by atoms with Crippen LogP contribution in [0.5, 0.6) is 0 Å². The van der Waals surface area contributed by atoms with Crippen LogP contribution in [-0.2, 0) is 5.54 Å². The summed E-state index contributed by atoms with van der Waals surface area (Å²) in [7, 11) is 0. The van der Waals surface area contributed by atoms with Crippen LogP contribution in [-0.4, -0.2) is 14.5 Å². The molecule has 0 atom stereocenters. The SMILES string of the molecule is NC1(c2ccc(-n3c(-c4ccccc4)nc4cc(Br)cnc43)cc2)CCC1. The monoisotopic (exact) mass is 418 g/mol. The summed E-state index contributed by atoms with van der Waals surface area (Å²) < 4.78 is 3.04. The third kappa shape index (κ3) is 2.78. The first-order chi connectivity index (χ1) is 13.1. The van der Waals surface area contributed by atoms with Gasteiger partial charge in [0, 0.05) is 27.5 Å². The highest BCUT2D eigenvalue weighted by Crippen LogP contribution is 2.39. The Bertz CT molecular complexity index is 1110. The van der Waals surface area contributed by atoms with Gasteiger partial charge in [-0.05, 0) is 59.0 Å². The van der Waals surface area contributed by atoms with E-state index >= 15 is 0 Å². The molecule has 1 fully saturated rings. The molecule has 0 bridgehead atoms. The summed E-state index contributed by atoms with van der Waals surface area (Å²) in [5, 5.41) is 0. The number of imidazole rings is 1. The van der Waals surface area contributed by atoms with Crippen LogP contribution in [0.25, 0.3) is 28.2 Å². The van der Waals surface area contributed by atoms with Crippen molar-refractivity contribution < 1.29 is 0 Å². The van der Waals surface area contributed by atoms with E-state index in [-0.39, 0.29) is 5.54 Å². The molecule has 4 nitrogen and oxygen atoms in total. The Morgan fingerprint density at radius 1 is 1.00 bits per heavy atom. The molecule has 2 aromatic carbocycles. The van der Waals surface area contributed by atoms with Crippen molar-refractivity contribution in [3.05, 3.63) is 76.9 Å². The van der Waals surface area contributed by atoms with Crippen molar-refractivity contribution in [2.75, 3.05) is 0 Å². The van der Waals surface area contributed by atoms with Gasteiger partial charge in [-0.25, -0.2) is 9.97 Å². The lowest BCUT2D eigenvalue weighted by molar-refractivity contribution is 0.253. The van der Waals surface area contributed by atoms with Crippen LogP contribution < -0.4 is 5.73 Å². The third-order valence-corrected chi connectivity index (χ3v) is 5.88. The van der Waals surface area contributed by atoms with Crippen LogP contribution in [0.1, 0.15) is 24.8 Å². The zero-order valence-corrected chi connectivity index (χ0v) is 16.4. The van der Waals surface area contributed by atoms with Gasteiger partial charge in [0.05, 0.1) is 0 Å². The van der Waals surface area contributed by atoms with Crippen molar-refractivity contribution in [2.45, 2.75) is 24.8 Å². The van der Waals surface area contributed by atoms with Gasteiger partial charge in [0.15, 0.2) is 5.65 Å². The van der Waals surface area contributed by atoms with Gasteiger partial charge in [0.1, 0.15) is 11.3 Å². The number of rotatable bonds is 3. The molecule has 0 spiro atoms. The molecule has 1 aliphatic rings. The highest BCUT2D eigenvalue weighted by atomic mass is 79.9. The molecule has 2 aromatic heterocycles. The second kappa shape index (κ2) is 6.29. The Kier molecular flexibility index (Phi) is 3.88. The van der Waals surface area contributed by atoms with Crippen LogP contribution in [0.4, 0.5) is 0 Å². The fourth-order valence-electron chi connectivity index (χ4n) is 3.75. The fraction of sp³-hybridized carbons (Fsp3) is 0.182. The first-order valence-corrected chi connectivity index (χ1v) is 9.93. The number of hydrogen-bond acceptors (Lipinski definition) is 3. The van der Waals surface area contributed by atoms with E-state index in [9.17, 15) is 0 Å². The molecule has 0 radical (unpaired) electrons. The minimum atomic E-state index is -0.152. The van der Waals surface area contributed by atoms with Gasteiger partial charge in [-0.1, -0.05) is 42.5 Å². The van der Waals surface area contributed by atoms with Gasteiger partial charge in [0.2, 0.25) is 0 Å². The minimum Gasteiger partial charge on any atom is -0.321 e. The summed E-state index contributed by atoms with van der Waals surface area (Å²) in [4.78, 5) is 9.50. The Morgan fingerprint density at radius 3 is 2.41 bits per heavy atom. The Labute approximate surface area is 166 Å². The van der Waals surface area contributed by atoms with Gasteiger partial charge in [0.25, 0.3) is 0 Å². The van der Waals surface area contributed by atoms with Crippen molar-refractivity contribution in [1.82, 2.24) is 14.5 Å². The number of halogens is 1. The standard InChI is InChI=1S/C22H19BrN4/c23-17-13-19-21(25-14-17)27(20(26-19)15-5-2-1-3-6-15)18-9-7-16(8-10-18)22(24)11-4-12-22/h1-3,5-10,13-14H,4,11-12,24H2. The molecule has 5 heteroatoms. The molecule has 4 aromatic rings. The number of aromatic nitrogens is 3. The second-order valence-corrected chi connectivity index (χ2v) is 8.11. The molecule has 134 valence electrons. The largest absolute Gasteiger partial charge is 0.321 e. The van der Waals surface area contributed by atoms with Crippen LogP contribution in [0.15, 0.2) is 71.3 Å². The Morgan fingerprint density at radius 2 is 1.74 bits per heavy atom. The highest BCUT2D eigenvalue weighted by Gasteiger charge is 2.34. The number of fused-ring (bicyclic) bond motifs is 1. The molecule has 2 N–H and O–H groups in total. The minimum absolute atomic E-state index is 0.152. The average Bonchev–Trinajstić information content (AvgIpc) is 3.05. The molecular weight excluding hydrogens is 400 g/mol. The van der Waals surface area contributed by atoms with E-state index in [4.69, 9.17) is 10.7 Å². The van der Waals surface area contributed by atoms with Crippen LogP contribution in [0, 0.1) is 0 Å². The number of hydrogen-bond donors (Lipinski definition) is 1.